The normalized spacial score (nSPS) is 10.4. The van der Waals surface area contributed by atoms with E-state index in [4.69, 9.17) is 0 Å². The zero-order chi connectivity index (χ0) is 15.5. The van der Waals surface area contributed by atoms with Crippen LogP contribution in [0.1, 0.15) is 20.8 Å². The summed E-state index contributed by atoms with van der Waals surface area (Å²) in [6.45, 7) is 0. The minimum atomic E-state index is -0.262. The van der Waals surface area contributed by atoms with E-state index < -0.39 is 0 Å². The summed E-state index contributed by atoms with van der Waals surface area (Å²) in [6, 6.07) is 10.7. The Morgan fingerprint density at radius 2 is 2.05 bits per heavy atom. The summed E-state index contributed by atoms with van der Waals surface area (Å²) in [7, 11) is 1.72. The number of anilines is 1. The third-order valence-corrected chi connectivity index (χ3v) is 3.29. The van der Waals surface area contributed by atoms with Gasteiger partial charge in [-0.15, -0.1) is 0 Å². The van der Waals surface area contributed by atoms with Crippen LogP contribution in [0.5, 0.6) is 0 Å². The first-order valence-corrected chi connectivity index (χ1v) is 6.70. The minimum Gasteiger partial charge on any atom is -0.346 e. The van der Waals surface area contributed by atoms with E-state index in [1.165, 1.54) is 0 Å². The highest BCUT2D eigenvalue weighted by molar-refractivity contribution is 6.04. The van der Waals surface area contributed by atoms with Crippen LogP contribution in [0.4, 0.5) is 5.69 Å². The molecule has 1 aromatic carbocycles. The van der Waals surface area contributed by atoms with Crippen LogP contribution < -0.4 is 5.32 Å². The highest BCUT2D eigenvalue weighted by atomic mass is 16.2. The lowest BCUT2D eigenvalue weighted by molar-refractivity contribution is 0.101. The summed E-state index contributed by atoms with van der Waals surface area (Å²) in [5, 5.41) is 6.94. The molecule has 110 valence electrons. The monoisotopic (exact) mass is 294 g/mol. The first kappa shape index (κ1) is 13.8. The van der Waals surface area contributed by atoms with Crippen molar-refractivity contribution in [2.45, 2.75) is 0 Å². The van der Waals surface area contributed by atoms with Gasteiger partial charge in [0.1, 0.15) is 5.69 Å². The van der Waals surface area contributed by atoms with Crippen molar-refractivity contribution in [1.29, 1.82) is 0 Å². The molecule has 0 saturated carbocycles. The molecule has 1 N–H and O–H groups in total. The van der Waals surface area contributed by atoms with Crippen LogP contribution in [0, 0.1) is 0 Å². The third-order valence-electron chi connectivity index (χ3n) is 3.29. The van der Waals surface area contributed by atoms with E-state index in [0.29, 0.717) is 16.9 Å². The topological polar surface area (TPSA) is 68.9 Å². The number of aryl methyl sites for hydroxylation is 1. The fourth-order valence-electron chi connectivity index (χ4n) is 2.19. The molecule has 0 aliphatic carbocycles. The van der Waals surface area contributed by atoms with Crippen LogP contribution in [-0.4, -0.2) is 26.5 Å². The van der Waals surface area contributed by atoms with Crippen molar-refractivity contribution in [3.05, 3.63) is 66.2 Å². The molecule has 0 aliphatic heterocycles. The minimum absolute atomic E-state index is 0.262. The molecule has 0 saturated heterocycles. The molecular weight excluding hydrogens is 280 g/mol. The maximum absolute atomic E-state index is 12.2. The van der Waals surface area contributed by atoms with Gasteiger partial charge in [0.15, 0.2) is 6.29 Å². The Labute approximate surface area is 127 Å². The predicted octanol–water partition coefficient (Wildman–Crippen LogP) is 2.28. The van der Waals surface area contributed by atoms with Gasteiger partial charge >= 0.3 is 0 Å². The van der Waals surface area contributed by atoms with Crippen molar-refractivity contribution >= 4 is 17.9 Å². The molecule has 0 aliphatic rings. The second kappa shape index (κ2) is 5.69. The van der Waals surface area contributed by atoms with Gasteiger partial charge in [-0.1, -0.05) is 0 Å². The van der Waals surface area contributed by atoms with Crippen molar-refractivity contribution < 1.29 is 9.59 Å². The maximum atomic E-state index is 12.2. The molecule has 0 fully saturated rings. The Morgan fingerprint density at radius 1 is 1.27 bits per heavy atom. The molecule has 0 atom stereocenters. The number of hydrogen-bond acceptors (Lipinski definition) is 3. The molecule has 3 aromatic rings. The van der Waals surface area contributed by atoms with E-state index in [2.05, 4.69) is 10.4 Å². The van der Waals surface area contributed by atoms with Gasteiger partial charge in [-0.25, -0.2) is 4.68 Å². The second-order valence-electron chi connectivity index (χ2n) is 4.84. The summed E-state index contributed by atoms with van der Waals surface area (Å²) in [6.07, 6.45) is 5.88. The first-order valence-electron chi connectivity index (χ1n) is 6.70. The van der Waals surface area contributed by atoms with Gasteiger partial charge < -0.3 is 9.88 Å². The Hall–Kier alpha value is -3.15. The lowest BCUT2D eigenvalue weighted by atomic mass is 10.2. The average Bonchev–Trinajstić information content (AvgIpc) is 3.17. The van der Waals surface area contributed by atoms with E-state index in [1.54, 1.807) is 46.9 Å². The van der Waals surface area contributed by atoms with Gasteiger partial charge in [-0.3, -0.25) is 9.59 Å². The molecule has 22 heavy (non-hydrogen) atoms. The molecule has 0 spiro atoms. The molecule has 2 aromatic heterocycles. The first-order chi connectivity index (χ1) is 10.7. The van der Waals surface area contributed by atoms with Crippen LogP contribution in [0.2, 0.25) is 0 Å². The summed E-state index contributed by atoms with van der Waals surface area (Å²) in [5.74, 6) is -0.262. The smallest absolute Gasteiger partial charge is 0.272 e. The summed E-state index contributed by atoms with van der Waals surface area (Å²) in [5.41, 5.74) is 2.49. The fourth-order valence-corrected chi connectivity index (χ4v) is 2.19. The predicted molar refractivity (Wildman–Crippen MR) is 82.3 cm³/mol. The lowest BCUT2D eigenvalue weighted by Crippen LogP contribution is -2.15. The van der Waals surface area contributed by atoms with Crippen molar-refractivity contribution in [3.63, 3.8) is 0 Å². The van der Waals surface area contributed by atoms with E-state index in [0.717, 1.165) is 12.0 Å². The molecule has 0 bridgehead atoms. The highest BCUT2D eigenvalue weighted by Crippen LogP contribution is 2.14. The average molecular weight is 294 g/mol. The quantitative estimate of drug-likeness (QED) is 0.750. The molecule has 6 heteroatoms. The number of benzene rings is 1. The Bertz CT molecular complexity index is 801. The summed E-state index contributed by atoms with van der Waals surface area (Å²) < 4.78 is 3.36. The van der Waals surface area contributed by atoms with Crippen LogP contribution in [0.25, 0.3) is 5.69 Å². The van der Waals surface area contributed by atoms with Gasteiger partial charge in [-0.2, -0.15) is 5.10 Å². The highest BCUT2D eigenvalue weighted by Gasteiger charge is 2.11. The van der Waals surface area contributed by atoms with E-state index in [1.807, 2.05) is 24.4 Å². The molecule has 6 nitrogen and oxygen atoms in total. The van der Waals surface area contributed by atoms with Crippen LogP contribution in [0.15, 0.2) is 55.0 Å². The third kappa shape index (κ3) is 2.67. The number of amides is 1. The Balaban J connectivity index is 1.76. The summed E-state index contributed by atoms with van der Waals surface area (Å²) >= 11 is 0. The largest absolute Gasteiger partial charge is 0.346 e. The molecule has 2 heterocycles. The number of nitrogens with zero attached hydrogens (tertiary/aromatic N) is 3. The summed E-state index contributed by atoms with van der Waals surface area (Å²) in [4.78, 5) is 23.0. The number of aldehydes is 1. The number of carbonyl (C=O) groups is 2. The van der Waals surface area contributed by atoms with Crippen molar-refractivity contribution in [2.24, 2.45) is 7.05 Å². The second-order valence-corrected chi connectivity index (χ2v) is 4.84. The Kier molecular flexibility index (Phi) is 3.57. The molecular formula is C16H14N4O2. The van der Waals surface area contributed by atoms with Crippen molar-refractivity contribution in [3.8, 4) is 5.69 Å². The van der Waals surface area contributed by atoms with Gasteiger partial charge in [-0.05, 0) is 36.4 Å². The van der Waals surface area contributed by atoms with Crippen LogP contribution in [-0.2, 0) is 7.05 Å². The molecule has 0 unspecified atom stereocenters. The van der Waals surface area contributed by atoms with Crippen LogP contribution in [0.3, 0.4) is 0 Å². The van der Waals surface area contributed by atoms with Crippen molar-refractivity contribution in [2.75, 3.05) is 5.32 Å². The Morgan fingerprint density at radius 3 is 2.64 bits per heavy atom. The zero-order valence-electron chi connectivity index (χ0n) is 11.9. The maximum Gasteiger partial charge on any atom is 0.272 e. The number of aromatic nitrogens is 3. The van der Waals surface area contributed by atoms with Gasteiger partial charge in [0.2, 0.25) is 0 Å². The number of hydrogen-bond donors (Lipinski definition) is 1. The van der Waals surface area contributed by atoms with Gasteiger partial charge in [0.25, 0.3) is 5.91 Å². The fraction of sp³-hybridized carbons (Fsp3) is 0.0625. The number of nitrogens with one attached hydrogen (secondary N) is 1. The van der Waals surface area contributed by atoms with Crippen LogP contribution >= 0.6 is 0 Å². The number of carbonyl (C=O) groups excluding carboxylic acids is 2. The zero-order valence-corrected chi connectivity index (χ0v) is 11.9. The van der Waals surface area contributed by atoms with Gasteiger partial charge in [0, 0.05) is 36.9 Å². The standard InChI is InChI=1S/C16H14N4O2/c1-19-10-12(11-21)9-15(19)16(22)18-13-3-5-14(6-4-13)20-8-2-7-17-20/h2-11H,1H3,(H,18,22). The van der Waals surface area contributed by atoms with E-state index >= 15 is 0 Å². The number of rotatable bonds is 4. The van der Waals surface area contributed by atoms with E-state index in [9.17, 15) is 9.59 Å². The lowest BCUT2D eigenvalue weighted by Gasteiger charge is -2.07. The van der Waals surface area contributed by atoms with E-state index in [-0.39, 0.29) is 5.91 Å². The molecule has 0 radical (unpaired) electrons. The van der Waals surface area contributed by atoms with Crippen molar-refractivity contribution in [1.82, 2.24) is 14.3 Å². The van der Waals surface area contributed by atoms with Gasteiger partial charge in [0.05, 0.1) is 5.69 Å². The SMILES string of the molecule is Cn1cc(C=O)cc1C(=O)Nc1ccc(-n2cccn2)cc1. The molecule has 3 rings (SSSR count). The molecule has 1 amide bonds.